The zero-order chi connectivity index (χ0) is 18.2. The summed E-state index contributed by atoms with van der Waals surface area (Å²) in [5.74, 6) is 0.154. The fourth-order valence-corrected chi connectivity index (χ4v) is 4.44. The summed E-state index contributed by atoms with van der Waals surface area (Å²) in [4.78, 5) is 41.7. The molecule has 2 aliphatic rings. The molecule has 0 bridgehead atoms. The van der Waals surface area contributed by atoms with E-state index in [0.717, 1.165) is 25.0 Å². The molecule has 1 aliphatic carbocycles. The first kappa shape index (κ1) is 17.7. The van der Waals surface area contributed by atoms with E-state index in [1.165, 1.54) is 13.2 Å². The SMILES string of the molecule is COC(=O)[C@]12CCC[C@@H]1CN(C(=O)c1cc(CC(C)C)[nH]c(=O)c1)C2. The number of rotatable bonds is 4. The number of carbonyl (C=O) groups excluding carboxylic acids is 2. The molecule has 0 unspecified atom stereocenters. The molecule has 25 heavy (non-hydrogen) atoms. The topological polar surface area (TPSA) is 79.5 Å². The van der Waals surface area contributed by atoms with E-state index in [0.29, 0.717) is 31.0 Å². The molecule has 1 aliphatic heterocycles. The fourth-order valence-electron chi connectivity index (χ4n) is 4.44. The summed E-state index contributed by atoms with van der Waals surface area (Å²) in [7, 11) is 1.41. The summed E-state index contributed by atoms with van der Waals surface area (Å²) < 4.78 is 5.02. The third-order valence-electron chi connectivity index (χ3n) is 5.53. The van der Waals surface area contributed by atoms with Gasteiger partial charge in [0.15, 0.2) is 0 Å². The van der Waals surface area contributed by atoms with Gasteiger partial charge < -0.3 is 14.6 Å². The number of ether oxygens (including phenoxy) is 1. The van der Waals surface area contributed by atoms with Crippen LogP contribution in [0.25, 0.3) is 0 Å². The van der Waals surface area contributed by atoms with Crippen molar-refractivity contribution in [3.8, 4) is 0 Å². The number of methoxy groups -OCH3 is 1. The second-order valence-electron chi connectivity index (χ2n) is 7.78. The van der Waals surface area contributed by atoms with Crippen molar-refractivity contribution in [3.05, 3.63) is 33.7 Å². The minimum absolute atomic E-state index is 0.154. The highest BCUT2D eigenvalue weighted by molar-refractivity contribution is 5.95. The highest BCUT2D eigenvalue weighted by atomic mass is 16.5. The van der Waals surface area contributed by atoms with Crippen LogP contribution in [0.4, 0.5) is 0 Å². The largest absolute Gasteiger partial charge is 0.469 e. The lowest BCUT2D eigenvalue weighted by Gasteiger charge is -2.25. The molecule has 2 fully saturated rings. The lowest BCUT2D eigenvalue weighted by atomic mass is 9.81. The summed E-state index contributed by atoms with van der Waals surface area (Å²) in [6.45, 7) is 5.07. The van der Waals surface area contributed by atoms with Gasteiger partial charge in [-0.05, 0) is 37.2 Å². The number of aromatic amines is 1. The number of hydrogen-bond acceptors (Lipinski definition) is 4. The van der Waals surface area contributed by atoms with Gasteiger partial charge in [-0.15, -0.1) is 0 Å². The van der Waals surface area contributed by atoms with Gasteiger partial charge in [0.05, 0.1) is 12.5 Å². The Morgan fingerprint density at radius 2 is 2.16 bits per heavy atom. The summed E-state index contributed by atoms with van der Waals surface area (Å²) in [5, 5.41) is 0. The van der Waals surface area contributed by atoms with Gasteiger partial charge in [-0.25, -0.2) is 0 Å². The first-order chi connectivity index (χ1) is 11.9. The Hall–Kier alpha value is -2.11. The maximum atomic E-state index is 12.9. The van der Waals surface area contributed by atoms with E-state index in [2.05, 4.69) is 18.8 Å². The van der Waals surface area contributed by atoms with Crippen molar-refractivity contribution < 1.29 is 14.3 Å². The Labute approximate surface area is 147 Å². The molecule has 0 aromatic carbocycles. The van der Waals surface area contributed by atoms with Crippen molar-refractivity contribution in [2.45, 2.75) is 39.5 Å². The van der Waals surface area contributed by atoms with Gasteiger partial charge in [0, 0.05) is 30.4 Å². The average Bonchev–Trinajstić information content (AvgIpc) is 3.10. The van der Waals surface area contributed by atoms with Gasteiger partial charge in [-0.3, -0.25) is 14.4 Å². The van der Waals surface area contributed by atoms with Crippen LogP contribution in [-0.2, 0) is 16.0 Å². The van der Waals surface area contributed by atoms with E-state index in [9.17, 15) is 14.4 Å². The van der Waals surface area contributed by atoms with E-state index in [1.807, 2.05) is 0 Å². The second-order valence-corrected chi connectivity index (χ2v) is 7.78. The fraction of sp³-hybridized carbons (Fsp3) is 0.632. The van der Waals surface area contributed by atoms with Gasteiger partial charge in [0.25, 0.3) is 5.91 Å². The number of hydrogen-bond donors (Lipinski definition) is 1. The Morgan fingerprint density at radius 1 is 1.40 bits per heavy atom. The Kier molecular flexibility index (Phi) is 4.71. The number of aromatic nitrogens is 1. The zero-order valence-electron chi connectivity index (χ0n) is 15.1. The third-order valence-corrected chi connectivity index (χ3v) is 5.53. The minimum atomic E-state index is -0.563. The average molecular weight is 346 g/mol. The molecule has 0 radical (unpaired) electrons. The van der Waals surface area contributed by atoms with Crippen molar-refractivity contribution in [2.75, 3.05) is 20.2 Å². The van der Waals surface area contributed by atoms with Gasteiger partial charge in [0.1, 0.15) is 0 Å². The molecule has 1 aromatic rings. The lowest BCUT2D eigenvalue weighted by molar-refractivity contribution is -0.153. The monoisotopic (exact) mass is 346 g/mol. The van der Waals surface area contributed by atoms with Gasteiger partial charge in [0.2, 0.25) is 5.56 Å². The number of fused-ring (bicyclic) bond motifs is 1. The van der Waals surface area contributed by atoms with Crippen molar-refractivity contribution in [1.82, 2.24) is 9.88 Å². The first-order valence-corrected chi connectivity index (χ1v) is 8.96. The molecule has 0 spiro atoms. The molecular weight excluding hydrogens is 320 g/mol. The molecule has 1 saturated carbocycles. The summed E-state index contributed by atoms with van der Waals surface area (Å²) in [6, 6.07) is 3.12. The Morgan fingerprint density at radius 3 is 2.84 bits per heavy atom. The number of nitrogens with zero attached hydrogens (tertiary/aromatic N) is 1. The highest BCUT2D eigenvalue weighted by Crippen LogP contribution is 2.49. The molecule has 3 rings (SSSR count). The van der Waals surface area contributed by atoms with E-state index in [4.69, 9.17) is 4.74 Å². The number of esters is 1. The number of pyridine rings is 1. The molecule has 2 atom stereocenters. The zero-order valence-corrected chi connectivity index (χ0v) is 15.1. The maximum absolute atomic E-state index is 12.9. The van der Waals surface area contributed by atoms with E-state index in [1.54, 1.807) is 11.0 Å². The van der Waals surface area contributed by atoms with E-state index < -0.39 is 5.41 Å². The van der Waals surface area contributed by atoms with Crippen LogP contribution in [0.1, 0.15) is 49.2 Å². The van der Waals surface area contributed by atoms with E-state index in [-0.39, 0.29) is 23.4 Å². The standard InChI is InChI=1S/C19H26N2O4/c1-12(2)7-15-8-13(9-16(22)20-15)17(23)21-10-14-5-4-6-19(14,11-21)18(24)25-3/h8-9,12,14H,4-7,10-11H2,1-3H3,(H,20,22)/t14-,19+/m1/s1. The smallest absolute Gasteiger partial charge is 0.313 e. The number of amides is 1. The molecular formula is C19H26N2O4. The summed E-state index contributed by atoms with van der Waals surface area (Å²) in [6.07, 6.45) is 3.41. The molecule has 1 aromatic heterocycles. The van der Waals surface area contributed by atoms with Crippen LogP contribution in [0.5, 0.6) is 0 Å². The van der Waals surface area contributed by atoms with Gasteiger partial charge in [-0.2, -0.15) is 0 Å². The van der Waals surface area contributed by atoms with Crippen molar-refractivity contribution in [2.24, 2.45) is 17.3 Å². The van der Waals surface area contributed by atoms with Gasteiger partial charge in [-0.1, -0.05) is 20.3 Å². The molecule has 1 N–H and O–H groups in total. The Bertz CT molecular complexity index is 739. The number of carbonyl (C=O) groups is 2. The Balaban J connectivity index is 1.84. The van der Waals surface area contributed by atoms with Crippen LogP contribution in [0.2, 0.25) is 0 Å². The van der Waals surface area contributed by atoms with Crippen LogP contribution < -0.4 is 5.56 Å². The first-order valence-electron chi connectivity index (χ1n) is 8.96. The number of H-pyrrole nitrogens is 1. The molecule has 2 heterocycles. The normalized spacial score (nSPS) is 25.3. The highest BCUT2D eigenvalue weighted by Gasteiger charge is 2.56. The summed E-state index contributed by atoms with van der Waals surface area (Å²) in [5.41, 5.74) is 0.350. The predicted octanol–water partition coefficient (Wildman–Crippen LogP) is 1.99. The molecule has 1 saturated heterocycles. The molecule has 1 amide bonds. The van der Waals surface area contributed by atoms with Crippen LogP contribution in [-0.4, -0.2) is 42.0 Å². The third kappa shape index (κ3) is 3.22. The molecule has 6 heteroatoms. The van der Waals surface area contributed by atoms with Crippen molar-refractivity contribution in [1.29, 1.82) is 0 Å². The molecule has 6 nitrogen and oxygen atoms in total. The van der Waals surface area contributed by atoms with Crippen molar-refractivity contribution in [3.63, 3.8) is 0 Å². The predicted molar refractivity (Wildman–Crippen MR) is 93.3 cm³/mol. The van der Waals surface area contributed by atoms with Crippen LogP contribution in [0, 0.1) is 17.3 Å². The lowest BCUT2D eigenvalue weighted by Crippen LogP contribution is -2.38. The van der Waals surface area contributed by atoms with Gasteiger partial charge >= 0.3 is 5.97 Å². The van der Waals surface area contributed by atoms with Crippen LogP contribution in [0.3, 0.4) is 0 Å². The summed E-state index contributed by atoms with van der Waals surface area (Å²) >= 11 is 0. The number of likely N-dealkylation sites (tertiary alicyclic amines) is 1. The maximum Gasteiger partial charge on any atom is 0.313 e. The van der Waals surface area contributed by atoms with Crippen LogP contribution >= 0.6 is 0 Å². The van der Waals surface area contributed by atoms with Crippen molar-refractivity contribution >= 4 is 11.9 Å². The molecule has 136 valence electrons. The van der Waals surface area contributed by atoms with Crippen LogP contribution in [0.15, 0.2) is 16.9 Å². The second kappa shape index (κ2) is 6.65. The minimum Gasteiger partial charge on any atom is -0.469 e. The number of nitrogens with one attached hydrogen (secondary N) is 1. The quantitative estimate of drug-likeness (QED) is 0.846. The van der Waals surface area contributed by atoms with E-state index >= 15 is 0 Å².